The zero-order valence-corrected chi connectivity index (χ0v) is 23.6. The van der Waals surface area contributed by atoms with Crippen molar-refractivity contribution in [1.29, 1.82) is 0 Å². The lowest BCUT2D eigenvalue weighted by molar-refractivity contribution is -0.763. The Morgan fingerprint density at radius 1 is 0.842 bits per heavy atom. The van der Waals surface area contributed by atoms with E-state index in [1.807, 2.05) is 29.1 Å². The van der Waals surface area contributed by atoms with Crippen molar-refractivity contribution in [1.82, 2.24) is 19.6 Å². The molecule has 0 saturated carbocycles. The molecule has 0 fully saturated rings. The summed E-state index contributed by atoms with van der Waals surface area (Å²) in [4.78, 5) is 2.00. The standard InChI is InChI=1S/C32H38N6/c1-22(2)28-18-26(20-36-17-16-33-38(36)30-15-11-9-13-25(30)6)19-29(23(3)4)31(28)37-21-34-35(7)32(37)27-14-10-8-12-24(27)5/h8-19,21-23H,20H2,1-7H3/q+2. The summed E-state index contributed by atoms with van der Waals surface area (Å²) in [5.41, 5.74) is 9.87. The van der Waals surface area contributed by atoms with Crippen LogP contribution in [0.5, 0.6) is 0 Å². The summed E-state index contributed by atoms with van der Waals surface area (Å²) in [7, 11) is 2.03. The highest BCUT2D eigenvalue weighted by Gasteiger charge is 2.29. The van der Waals surface area contributed by atoms with Gasteiger partial charge in [-0.3, -0.25) is 0 Å². The van der Waals surface area contributed by atoms with E-state index in [-0.39, 0.29) is 0 Å². The van der Waals surface area contributed by atoms with Crippen molar-refractivity contribution in [2.75, 3.05) is 0 Å². The summed E-state index contributed by atoms with van der Waals surface area (Å²) in [5.74, 6) is 1.77. The smallest absolute Gasteiger partial charge is 0.177 e. The number of nitrogens with zero attached hydrogens (tertiary/aromatic N) is 6. The number of para-hydroxylation sites is 1. The molecule has 5 rings (SSSR count). The van der Waals surface area contributed by atoms with Gasteiger partial charge >= 0.3 is 5.82 Å². The Hall–Kier alpha value is -4.06. The molecule has 6 nitrogen and oxygen atoms in total. The van der Waals surface area contributed by atoms with Crippen molar-refractivity contribution in [3.63, 3.8) is 0 Å². The molecule has 0 saturated heterocycles. The topological polar surface area (TPSA) is 43.4 Å². The molecule has 0 aliphatic rings. The lowest BCUT2D eigenvalue weighted by Gasteiger charge is -2.19. The van der Waals surface area contributed by atoms with Gasteiger partial charge in [0, 0.05) is 16.2 Å². The third kappa shape index (κ3) is 4.67. The monoisotopic (exact) mass is 506 g/mol. The fourth-order valence-corrected chi connectivity index (χ4v) is 5.27. The zero-order valence-electron chi connectivity index (χ0n) is 23.6. The van der Waals surface area contributed by atoms with Gasteiger partial charge in [-0.1, -0.05) is 64.1 Å². The summed E-state index contributed by atoms with van der Waals surface area (Å²) in [6.07, 6.45) is 5.89. The Bertz CT molecular complexity index is 1560. The van der Waals surface area contributed by atoms with Crippen molar-refractivity contribution in [3.8, 4) is 22.8 Å². The second kappa shape index (κ2) is 10.4. The van der Waals surface area contributed by atoms with Gasteiger partial charge in [-0.15, -0.1) is 4.68 Å². The Balaban J connectivity index is 1.67. The van der Waals surface area contributed by atoms with Gasteiger partial charge in [0.25, 0.3) is 0 Å². The highest BCUT2D eigenvalue weighted by Crippen LogP contribution is 2.35. The molecule has 2 heterocycles. The van der Waals surface area contributed by atoms with Crippen molar-refractivity contribution in [2.24, 2.45) is 7.05 Å². The molecule has 0 amide bonds. The minimum absolute atomic E-state index is 0.339. The first-order valence-corrected chi connectivity index (χ1v) is 13.4. The van der Waals surface area contributed by atoms with E-state index in [4.69, 9.17) is 5.10 Å². The first-order chi connectivity index (χ1) is 18.3. The second-order valence-corrected chi connectivity index (χ2v) is 10.8. The Kier molecular flexibility index (Phi) is 6.98. The molecule has 194 valence electrons. The van der Waals surface area contributed by atoms with Crippen molar-refractivity contribution >= 4 is 0 Å². The Labute approximate surface area is 225 Å². The maximum absolute atomic E-state index is 4.71. The zero-order chi connectivity index (χ0) is 27.0. The number of hydrogen-bond acceptors (Lipinski definition) is 2. The predicted octanol–water partition coefficient (Wildman–Crippen LogP) is 5.75. The molecule has 6 heteroatoms. The number of benzene rings is 3. The van der Waals surface area contributed by atoms with Crippen LogP contribution in [-0.2, 0) is 13.6 Å². The van der Waals surface area contributed by atoms with E-state index in [9.17, 15) is 0 Å². The molecular formula is C32H38N6+2. The normalized spacial score (nSPS) is 11.6. The maximum Gasteiger partial charge on any atom is 0.315 e. The summed E-state index contributed by atoms with van der Waals surface area (Å²) >= 11 is 0. The lowest BCUT2D eigenvalue weighted by atomic mass is 9.89. The molecule has 0 aliphatic heterocycles. The van der Waals surface area contributed by atoms with E-state index in [1.165, 1.54) is 39.1 Å². The van der Waals surface area contributed by atoms with Gasteiger partial charge in [0.2, 0.25) is 12.5 Å². The second-order valence-electron chi connectivity index (χ2n) is 10.8. The molecule has 0 atom stereocenters. The average molecular weight is 507 g/mol. The van der Waals surface area contributed by atoms with Crippen LogP contribution in [0.25, 0.3) is 22.8 Å². The van der Waals surface area contributed by atoms with Crippen LogP contribution in [0, 0.1) is 13.8 Å². The van der Waals surface area contributed by atoms with E-state index in [2.05, 4.69) is 123 Å². The van der Waals surface area contributed by atoms with Gasteiger partial charge < -0.3 is 0 Å². The molecule has 0 bridgehead atoms. The highest BCUT2D eigenvalue weighted by molar-refractivity contribution is 5.63. The van der Waals surface area contributed by atoms with E-state index in [1.54, 1.807) is 0 Å². The molecule has 0 radical (unpaired) electrons. The van der Waals surface area contributed by atoms with Crippen LogP contribution in [0.15, 0.2) is 79.4 Å². The maximum atomic E-state index is 4.71. The van der Waals surface area contributed by atoms with Gasteiger partial charge in [0.05, 0.1) is 5.56 Å². The average Bonchev–Trinajstić information content (AvgIpc) is 3.50. The van der Waals surface area contributed by atoms with Gasteiger partial charge in [-0.2, -0.15) is 9.25 Å². The summed E-state index contributed by atoms with van der Waals surface area (Å²) in [5, 5.41) is 9.36. The van der Waals surface area contributed by atoms with Crippen molar-refractivity contribution < 1.29 is 9.36 Å². The van der Waals surface area contributed by atoms with Crippen LogP contribution in [-0.4, -0.2) is 19.6 Å². The fraction of sp³-hybridized carbons (Fsp3) is 0.312. The molecule has 0 spiro atoms. The van der Waals surface area contributed by atoms with Crippen LogP contribution in [0.3, 0.4) is 0 Å². The molecule has 0 unspecified atom stereocenters. The molecule has 3 aromatic carbocycles. The minimum atomic E-state index is 0.339. The number of rotatable bonds is 7. The highest BCUT2D eigenvalue weighted by atomic mass is 15.5. The first kappa shape index (κ1) is 25.6. The van der Waals surface area contributed by atoms with Gasteiger partial charge in [0.15, 0.2) is 6.20 Å². The SMILES string of the molecule is Cc1ccccc1-c1n(-c2c(C(C)C)cc(C[n+]3ccnn3-c3ccccc3C)cc2C(C)C)cn[n+]1C. The van der Waals surface area contributed by atoms with Crippen LogP contribution < -0.4 is 9.36 Å². The molecule has 38 heavy (non-hydrogen) atoms. The van der Waals surface area contributed by atoms with E-state index in [0.29, 0.717) is 11.8 Å². The summed E-state index contributed by atoms with van der Waals surface area (Å²) in [6, 6.07) is 21.7. The van der Waals surface area contributed by atoms with Crippen molar-refractivity contribution in [2.45, 2.75) is 59.9 Å². The molecule has 0 aliphatic carbocycles. The third-order valence-corrected chi connectivity index (χ3v) is 7.31. The molecule has 5 aromatic rings. The largest absolute Gasteiger partial charge is 0.315 e. The molecular weight excluding hydrogens is 468 g/mol. The Morgan fingerprint density at radius 3 is 2.11 bits per heavy atom. The number of hydrogen-bond donors (Lipinski definition) is 0. The molecule has 2 aromatic heterocycles. The van der Waals surface area contributed by atoms with E-state index >= 15 is 0 Å². The quantitative estimate of drug-likeness (QED) is 0.264. The van der Waals surface area contributed by atoms with Crippen LogP contribution in [0.4, 0.5) is 0 Å². The van der Waals surface area contributed by atoms with E-state index < -0.39 is 0 Å². The van der Waals surface area contributed by atoms with Crippen molar-refractivity contribution in [3.05, 3.63) is 107 Å². The van der Waals surface area contributed by atoms with E-state index in [0.717, 1.165) is 18.1 Å². The summed E-state index contributed by atoms with van der Waals surface area (Å²) < 4.78 is 6.46. The van der Waals surface area contributed by atoms with Crippen LogP contribution >= 0.6 is 0 Å². The Morgan fingerprint density at radius 2 is 1.47 bits per heavy atom. The molecule has 0 N–H and O–H groups in total. The number of aromatic nitrogens is 6. The van der Waals surface area contributed by atoms with Gasteiger partial charge in [-0.05, 0) is 76.5 Å². The lowest BCUT2D eigenvalue weighted by Crippen LogP contribution is -2.43. The number of aryl methyl sites for hydroxylation is 3. The van der Waals surface area contributed by atoms with Gasteiger partial charge in [0.1, 0.15) is 25.0 Å². The van der Waals surface area contributed by atoms with Crippen LogP contribution in [0.2, 0.25) is 0 Å². The fourth-order valence-electron chi connectivity index (χ4n) is 5.27. The minimum Gasteiger partial charge on any atom is -0.177 e. The summed E-state index contributed by atoms with van der Waals surface area (Å²) in [6.45, 7) is 14.1. The van der Waals surface area contributed by atoms with Crippen LogP contribution in [0.1, 0.15) is 67.3 Å². The first-order valence-electron chi connectivity index (χ1n) is 13.4. The third-order valence-electron chi connectivity index (χ3n) is 7.31. The van der Waals surface area contributed by atoms with Gasteiger partial charge in [-0.25, -0.2) is 0 Å². The predicted molar refractivity (Wildman–Crippen MR) is 151 cm³/mol.